The number of aromatic nitrogens is 1. The third kappa shape index (κ3) is 2.35. The lowest BCUT2D eigenvalue weighted by atomic mass is 10.1. The average molecular weight is 334 g/mol. The van der Waals surface area contributed by atoms with Crippen LogP contribution in [-0.2, 0) is 0 Å². The minimum atomic E-state index is 1.15. The lowest BCUT2D eigenvalue weighted by molar-refractivity contribution is 1.30. The van der Waals surface area contributed by atoms with Gasteiger partial charge in [0.25, 0.3) is 0 Å². The van der Waals surface area contributed by atoms with Crippen molar-refractivity contribution in [2.24, 2.45) is 0 Å². The molecule has 5 aromatic rings. The van der Waals surface area contributed by atoms with Gasteiger partial charge in [-0.15, -0.1) is 0 Å². The molecule has 0 radical (unpaired) electrons. The number of anilines is 3. The highest BCUT2D eigenvalue weighted by Crippen LogP contribution is 2.41. The highest BCUT2D eigenvalue weighted by molar-refractivity contribution is 6.14. The monoisotopic (exact) mass is 334 g/mol. The van der Waals surface area contributed by atoms with Crippen LogP contribution in [0.1, 0.15) is 0 Å². The number of benzene rings is 4. The number of aromatic amines is 1. The number of rotatable bonds is 3. The molecule has 1 heterocycles. The van der Waals surface area contributed by atoms with E-state index in [-0.39, 0.29) is 0 Å². The van der Waals surface area contributed by atoms with Crippen LogP contribution < -0.4 is 4.90 Å². The standard InChI is InChI=1S/C24H18N2/c1-3-10-18(11-4-1)26(19-12-5-2-6-13-19)23-17-9-16-22-24(23)20-14-7-8-15-21(20)25-22/h1-17,25H. The van der Waals surface area contributed by atoms with Crippen LogP contribution in [0.2, 0.25) is 0 Å². The molecule has 1 N–H and O–H groups in total. The Morgan fingerprint density at radius 1 is 0.500 bits per heavy atom. The first kappa shape index (κ1) is 14.8. The van der Waals surface area contributed by atoms with Crippen LogP contribution in [0.15, 0.2) is 103 Å². The smallest absolute Gasteiger partial charge is 0.0561 e. The predicted octanol–water partition coefficient (Wildman–Crippen LogP) is 6.79. The molecule has 0 atom stereocenters. The number of fused-ring (bicyclic) bond motifs is 3. The number of H-pyrrole nitrogens is 1. The summed E-state index contributed by atoms with van der Waals surface area (Å²) in [5.41, 5.74) is 5.79. The Balaban J connectivity index is 1.85. The van der Waals surface area contributed by atoms with Gasteiger partial charge in [0.05, 0.1) is 5.69 Å². The zero-order valence-electron chi connectivity index (χ0n) is 14.3. The Morgan fingerprint density at radius 2 is 1.08 bits per heavy atom. The maximum absolute atomic E-state index is 3.55. The van der Waals surface area contributed by atoms with Gasteiger partial charge in [-0.25, -0.2) is 0 Å². The minimum absolute atomic E-state index is 1.15. The third-order valence-corrected chi connectivity index (χ3v) is 4.78. The summed E-state index contributed by atoms with van der Waals surface area (Å²) in [6.45, 7) is 0. The Kier molecular flexibility index (Phi) is 3.46. The van der Waals surface area contributed by atoms with E-state index in [0.29, 0.717) is 0 Å². The van der Waals surface area contributed by atoms with Crippen molar-refractivity contribution in [1.29, 1.82) is 0 Å². The lowest BCUT2D eigenvalue weighted by Crippen LogP contribution is -2.09. The van der Waals surface area contributed by atoms with E-state index in [1.807, 2.05) is 0 Å². The first-order chi connectivity index (χ1) is 12.9. The second kappa shape index (κ2) is 6.08. The first-order valence-electron chi connectivity index (χ1n) is 8.81. The maximum atomic E-state index is 3.55. The van der Waals surface area contributed by atoms with Gasteiger partial charge in [-0.3, -0.25) is 0 Å². The zero-order valence-corrected chi connectivity index (χ0v) is 14.3. The van der Waals surface area contributed by atoms with Crippen LogP contribution in [-0.4, -0.2) is 4.98 Å². The SMILES string of the molecule is c1ccc(N(c2ccccc2)c2cccc3[nH]c4ccccc4c23)cc1. The zero-order chi connectivity index (χ0) is 17.3. The van der Waals surface area contributed by atoms with Crippen LogP contribution in [0.5, 0.6) is 0 Å². The molecule has 4 aromatic carbocycles. The molecule has 124 valence electrons. The fourth-order valence-electron chi connectivity index (χ4n) is 3.65. The molecule has 0 saturated carbocycles. The van der Waals surface area contributed by atoms with Crippen LogP contribution in [0, 0.1) is 0 Å². The summed E-state index contributed by atoms with van der Waals surface area (Å²) in [7, 11) is 0. The molecular formula is C24H18N2. The van der Waals surface area contributed by atoms with Crippen molar-refractivity contribution in [2.45, 2.75) is 0 Å². The number of para-hydroxylation sites is 3. The van der Waals surface area contributed by atoms with Crippen molar-refractivity contribution >= 4 is 38.9 Å². The van der Waals surface area contributed by atoms with Crippen molar-refractivity contribution in [2.75, 3.05) is 4.90 Å². The third-order valence-electron chi connectivity index (χ3n) is 4.78. The van der Waals surface area contributed by atoms with E-state index < -0.39 is 0 Å². The summed E-state index contributed by atoms with van der Waals surface area (Å²) in [4.78, 5) is 5.87. The summed E-state index contributed by atoms with van der Waals surface area (Å²) >= 11 is 0. The molecule has 0 saturated heterocycles. The fraction of sp³-hybridized carbons (Fsp3) is 0. The average Bonchev–Trinajstić information content (AvgIpc) is 3.09. The van der Waals surface area contributed by atoms with E-state index >= 15 is 0 Å². The number of nitrogens with zero attached hydrogens (tertiary/aromatic N) is 1. The van der Waals surface area contributed by atoms with E-state index in [4.69, 9.17) is 0 Å². The number of hydrogen-bond acceptors (Lipinski definition) is 1. The van der Waals surface area contributed by atoms with Crippen LogP contribution in [0.4, 0.5) is 17.1 Å². The lowest BCUT2D eigenvalue weighted by Gasteiger charge is -2.26. The molecule has 2 nitrogen and oxygen atoms in total. The Bertz CT molecular complexity index is 1130. The van der Waals surface area contributed by atoms with Gasteiger partial charge in [-0.1, -0.05) is 60.7 Å². The second-order valence-corrected chi connectivity index (χ2v) is 6.38. The van der Waals surface area contributed by atoms with E-state index in [1.165, 1.54) is 16.5 Å². The number of nitrogens with one attached hydrogen (secondary N) is 1. The minimum Gasteiger partial charge on any atom is -0.354 e. The molecule has 2 heteroatoms. The Labute approximate surface area is 152 Å². The van der Waals surface area contributed by atoms with Crippen molar-refractivity contribution in [3.8, 4) is 0 Å². The van der Waals surface area contributed by atoms with Crippen LogP contribution in [0.3, 0.4) is 0 Å². The molecule has 0 unspecified atom stereocenters. The fourth-order valence-corrected chi connectivity index (χ4v) is 3.65. The highest BCUT2D eigenvalue weighted by atomic mass is 15.1. The van der Waals surface area contributed by atoms with Crippen molar-refractivity contribution in [1.82, 2.24) is 4.98 Å². The summed E-state index contributed by atoms with van der Waals surface area (Å²) in [6.07, 6.45) is 0. The summed E-state index contributed by atoms with van der Waals surface area (Å²) in [5, 5.41) is 2.49. The van der Waals surface area contributed by atoms with Gasteiger partial charge in [-0.2, -0.15) is 0 Å². The summed E-state index contributed by atoms with van der Waals surface area (Å²) in [6, 6.07) is 36.0. The van der Waals surface area contributed by atoms with Crippen molar-refractivity contribution < 1.29 is 0 Å². The molecule has 0 spiro atoms. The van der Waals surface area contributed by atoms with Gasteiger partial charge in [0, 0.05) is 33.2 Å². The van der Waals surface area contributed by atoms with Crippen molar-refractivity contribution in [3.63, 3.8) is 0 Å². The molecular weight excluding hydrogens is 316 g/mol. The largest absolute Gasteiger partial charge is 0.354 e. The first-order valence-corrected chi connectivity index (χ1v) is 8.81. The number of hydrogen-bond donors (Lipinski definition) is 1. The molecule has 0 aliphatic carbocycles. The molecule has 5 rings (SSSR count). The molecule has 0 aliphatic rings. The molecule has 0 fully saturated rings. The predicted molar refractivity (Wildman–Crippen MR) is 110 cm³/mol. The van der Waals surface area contributed by atoms with E-state index in [9.17, 15) is 0 Å². The van der Waals surface area contributed by atoms with Gasteiger partial charge in [-0.05, 0) is 42.5 Å². The van der Waals surface area contributed by atoms with Crippen LogP contribution in [0.25, 0.3) is 21.8 Å². The van der Waals surface area contributed by atoms with Gasteiger partial charge >= 0.3 is 0 Å². The van der Waals surface area contributed by atoms with Gasteiger partial charge in [0.15, 0.2) is 0 Å². The topological polar surface area (TPSA) is 19.0 Å². The van der Waals surface area contributed by atoms with Crippen molar-refractivity contribution in [3.05, 3.63) is 103 Å². The van der Waals surface area contributed by atoms with Gasteiger partial charge in [0.2, 0.25) is 0 Å². The van der Waals surface area contributed by atoms with E-state index in [2.05, 4.69) is 113 Å². The van der Waals surface area contributed by atoms with E-state index in [0.717, 1.165) is 22.4 Å². The molecule has 26 heavy (non-hydrogen) atoms. The second-order valence-electron chi connectivity index (χ2n) is 6.38. The molecule has 0 aliphatic heterocycles. The van der Waals surface area contributed by atoms with Gasteiger partial charge in [0.1, 0.15) is 0 Å². The van der Waals surface area contributed by atoms with Crippen LogP contribution >= 0.6 is 0 Å². The Morgan fingerprint density at radius 3 is 1.77 bits per heavy atom. The van der Waals surface area contributed by atoms with Gasteiger partial charge < -0.3 is 9.88 Å². The maximum Gasteiger partial charge on any atom is 0.0561 e. The quantitative estimate of drug-likeness (QED) is 0.385. The molecule has 1 aromatic heterocycles. The highest BCUT2D eigenvalue weighted by Gasteiger charge is 2.17. The Hall–Kier alpha value is -3.52. The summed E-state index contributed by atoms with van der Waals surface area (Å²) in [5.74, 6) is 0. The normalized spacial score (nSPS) is 11.1. The molecule has 0 bridgehead atoms. The van der Waals surface area contributed by atoms with E-state index in [1.54, 1.807) is 0 Å². The summed E-state index contributed by atoms with van der Waals surface area (Å²) < 4.78 is 0. The molecule has 0 amide bonds.